The highest BCUT2D eigenvalue weighted by atomic mass is 32.2. The number of hydrogen-bond acceptors (Lipinski definition) is 5. The Morgan fingerprint density at radius 2 is 1.59 bits per heavy atom. The van der Waals surface area contributed by atoms with Crippen LogP contribution in [-0.2, 0) is 0 Å². The van der Waals surface area contributed by atoms with E-state index < -0.39 is 6.10 Å². The highest BCUT2D eigenvalue weighted by Crippen LogP contribution is 2.37. The number of aliphatic hydroxyl groups excluding tert-OH is 1. The molecule has 4 nitrogen and oxygen atoms in total. The summed E-state index contributed by atoms with van der Waals surface area (Å²) in [6.45, 7) is 0. The third kappa shape index (κ3) is 3.20. The van der Waals surface area contributed by atoms with E-state index in [0.717, 1.165) is 0 Å². The quantitative estimate of drug-likeness (QED) is 0.847. The molecule has 1 rings (SSSR count). The van der Waals surface area contributed by atoms with Crippen LogP contribution in [0.5, 0.6) is 17.2 Å². The van der Waals surface area contributed by atoms with Crippen LogP contribution in [0.1, 0.15) is 11.7 Å². The normalized spacial score (nSPS) is 12.1. The zero-order valence-corrected chi connectivity index (χ0v) is 11.3. The van der Waals surface area contributed by atoms with Crippen molar-refractivity contribution in [3.05, 3.63) is 17.7 Å². The fourth-order valence-electron chi connectivity index (χ4n) is 1.56. The summed E-state index contributed by atoms with van der Waals surface area (Å²) in [4.78, 5) is 0. The SMILES string of the molecule is COc1cc(OC)c(C(O)CSC)cc1OC. The Morgan fingerprint density at radius 1 is 1.06 bits per heavy atom. The van der Waals surface area contributed by atoms with Crippen molar-refractivity contribution >= 4 is 11.8 Å². The van der Waals surface area contributed by atoms with Gasteiger partial charge in [0.2, 0.25) is 0 Å². The summed E-state index contributed by atoms with van der Waals surface area (Å²) >= 11 is 1.57. The Bertz CT molecular complexity index is 368. The van der Waals surface area contributed by atoms with Crippen LogP contribution < -0.4 is 14.2 Å². The van der Waals surface area contributed by atoms with Gasteiger partial charge in [0.05, 0.1) is 27.4 Å². The molecule has 0 fully saturated rings. The lowest BCUT2D eigenvalue weighted by Crippen LogP contribution is -2.04. The van der Waals surface area contributed by atoms with Gasteiger partial charge in [-0.3, -0.25) is 0 Å². The van der Waals surface area contributed by atoms with E-state index in [-0.39, 0.29) is 0 Å². The van der Waals surface area contributed by atoms with E-state index in [1.54, 1.807) is 45.2 Å². The van der Waals surface area contributed by atoms with Crippen molar-refractivity contribution in [1.29, 1.82) is 0 Å². The molecule has 0 bridgehead atoms. The van der Waals surface area contributed by atoms with Crippen molar-refractivity contribution in [2.24, 2.45) is 0 Å². The van der Waals surface area contributed by atoms with Crippen molar-refractivity contribution in [2.45, 2.75) is 6.10 Å². The van der Waals surface area contributed by atoms with Crippen LogP contribution in [0.3, 0.4) is 0 Å². The summed E-state index contributed by atoms with van der Waals surface area (Å²) in [6.07, 6.45) is 1.36. The van der Waals surface area contributed by atoms with Crippen molar-refractivity contribution in [2.75, 3.05) is 33.3 Å². The first-order chi connectivity index (χ1) is 8.17. The van der Waals surface area contributed by atoms with Crippen LogP contribution in [-0.4, -0.2) is 38.4 Å². The van der Waals surface area contributed by atoms with Gasteiger partial charge in [0.1, 0.15) is 5.75 Å². The molecule has 0 radical (unpaired) electrons. The summed E-state index contributed by atoms with van der Waals surface area (Å²) < 4.78 is 15.6. The van der Waals surface area contributed by atoms with E-state index in [1.165, 1.54) is 0 Å². The minimum absolute atomic E-state index is 0.584. The third-order valence-electron chi connectivity index (χ3n) is 2.42. The molecule has 0 spiro atoms. The first-order valence-corrected chi connectivity index (χ1v) is 6.54. The Morgan fingerprint density at radius 3 is 2.06 bits per heavy atom. The molecule has 0 heterocycles. The van der Waals surface area contributed by atoms with Gasteiger partial charge in [0.15, 0.2) is 11.5 Å². The highest BCUT2D eigenvalue weighted by molar-refractivity contribution is 7.98. The van der Waals surface area contributed by atoms with Gasteiger partial charge in [0, 0.05) is 17.4 Å². The number of aliphatic hydroxyl groups is 1. The van der Waals surface area contributed by atoms with E-state index in [4.69, 9.17) is 14.2 Å². The largest absolute Gasteiger partial charge is 0.496 e. The minimum atomic E-state index is -0.584. The minimum Gasteiger partial charge on any atom is -0.496 e. The molecule has 17 heavy (non-hydrogen) atoms. The van der Waals surface area contributed by atoms with E-state index in [2.05, 4.69) is 0 Å². The number of hydrogen-bond donors (Lipinski definition) is 1. The van der Waals surface area contributed by atoms with E-state index in [0.29, 0.717) is 28.6 Å². The van der Waals surface area contributed by atoms with E-state index in [1.807, 2.05) is 6.26 Å². The van der Waals surface area contributed by atoms with Crippen LogP contribution in [0.4, 0.5) is 0 Å². The van der Waals surface area contributed by atoms with Crippen molar-refractivity contribution < 1.29 is 19.3 Å². The monoisotopic (exact) mass is 258 g/mol. The summed E-state index contributed by atoms with van der Waals surface area (Å²) in [5, 5.41) is 10.0. The van der Waals surface area contributed by atoms with E-state index in [9.17, 15) is 5.11 Å². The molecule has 0 aliphatic rings. The molecule has 1 N–H and O–H groups in total. The van der Waals surface area contributed by atoms with Crippen molar-refractivity contribution in [1.82, 2.24) is 0 Å². The molecular formula is C12H18O4S. The predicted molar refractivity (Wildman–Crippen MR) is 69.4 cm³/mol. The van der Waals surface area contributed by atoms with Crippen LogP contribution >= 0.6 is 11.8 Å². The Hall–Kier alpha value is -1.07. The summed E-state index contributed by atoms with van der Waals surface area (Å²) in [7, 11) is 4.70. The maximum atomic E-state index is 10.0. The smallest absolute Gasteiger partial charge is 0.164 e. The van der Waals surface area contributed by atoms with E-state index >= 15 is 0 Å². The molecule has 0 saturated heterocycles. The van der Waals surface area contributed by atoms with Gasteiger partial charge in [-0.1, -0.05) is 0 Å². The molecule has 1 aromatic carbocycles. The van der Waals surface area contributed by atoms with Crippen molar-refractivity contribution in [3.63, 3.8) is 0 Å². The Kier molecular flexibility index (Phi) is 5.44. The second-order valence-corrected chi connectivity index (χ2v) is 4.33. The van der Waals surface area contributed by atoms with Crippen LogP contribution in [0.25, 0.3) is 0 Å². The Balaban J connectivity index is 3.18. The molecule has 0 saturated carbocycles. The first-order valence-electron chi connectivity index (χ1n) is 5.14. The molecule has 1 atom stereocenters. The van der Waals surface area contributed by atoms with Crippen molar-refractivity contribution in [3.8, 4) is 17.2 Å². The third-order valence-corrected chi connectivity index (χ3v) is 3.07. The van der Waals surface area contributed by atoms with Gasteiger partial charge >= 0.3 is 0 Å². The standard InChI is InChI=1S/C12H18O4S/c1-14-10-6-12(16-3)11(15-2)5-8(10)9(13)7-17-4/h5-6,9,13H,7H2,1-4H3. The first kappa shape index (κ1) is 14.0. The maximum Gasteiger partial charge on any atom is 0.164 e. The molecule has 0 aliphatic heterocycles. The van der Waals surface area contributed by atoms with Crippen LogP contribution in [0.2, 0.25) is 0 Å². The number of benzene rings is 1. The number of methoxy groups -OCH3 is 3. The highest BCUT2D eigenvalue weighted by Gasteiger charge is 2.17. The molecule has 0 amide bonds. The fourth-order valence-corrected chi connectivity index (χ4v) is 2.06. The molecule has 0 aliphatic carbocycles. The fraction of sp³-hybridized carbons (Fsp3) is 0.500. The average Bonchev–Trinajstić information content (AvgIpc) is 2.37. The second kappa shape index (κ2) is 6.61. The Labute approximate surface area is 106 Å². The van der Waals surface area contributed by atoms with Gasteiger partial charge in [-0.15, -0.1) is 0 Å². The van der Waals surface area contributed by atoms with Gasteiger partial charge in [-0.05, 0) is 12.3 Å². The molecule has 1 aromatic rings. The lowest BCUT2D eigenvalue weighted by atomic mass is 10.1. The summed E-state index contributed by atoms with van der Waals surface area (Å²) in [5.74, 6) is 2.38. The topological polar surface area (TPSA) is 47.9 Å². The molecule has 96 valence electrons. The van der Waals surface area contributed by atoms with Crippen LogP contribution in [0, 0.1) is 0 Å². The molecule has 5 heteroatoms. The van der Waals surface area contributed by atoms with Gasteiger partial charge in [-0.25, -0.2) is 0 Å². The number of rotatable bonds is 6. The van der Waals surface area contributed by atoms with Gasteiger partial charge in [0.25, 0.3) is 0 Å². The predicted octanol–water partition coefficient (Wildman–Crippen LogP) is 2.11. The average molecular weight is 258 g/mol. The second-order valence-electron chi connectivity index (χ2n) is 3.42. The zero-order chi connectivity index (χ0) is 12.8. The molecule has 1 unspecified atom stereocenters. The number of thioether (sulfide) groups is 1. The lowest BCUT2D eigenvalue weighted by molar-refractivity contribution is 0.198. The summed E-state index contributed by atoms with van der Waals surface area (Å²) in [5.41, 5.74) is 0.708. The zero-order valence-electron chi connectivity index (χ0n) is 10.5. The van der Waals surface area contributed by atoms with Gasteiger partial charge < -0.3 is 19.3 Å². The molecular weight excluding hydrogens is 240 g/mol. The number of ether oxygens (including phenoxy) is 3. The molecule has 0 aromatic heterocycles. The summed E-state index contributed by atoms with van der Waals surface area (Å²) in [6, 6.07) is 3.47. The van der Waals surface area contributed by atoms with Crippen LogP contribution in [0.15, 0.2) is 12.1 Å². The van der Waals surface area contributed by atoms with Gasteiger partial charge in [-0.2, -0.15) is 11.8 Å². The lowest BCUT2D eigenvalue weighted by Gasteiger charge is -2.17. The maximum absolute atomic E-state index is 10.0.